The summed E-state index contributed by atoms with van der Waals surface area (Å²) in [6.45, 7) is 7.21. The van der Waals surface area contributed by atoms with Crippen LogP contribution in [0.5, 0.6) is 0 Å². The van der Waals surface area contributed by atoms with Gasteiger partial charge in [0.1, 0.15) is 5.52 Å². The molecule has 0 radical (unpaired) electrons. The predicted molar refractivity (Wildman–Crippen MR) is 112 cm³/mol. The van der Waals surface area contributed by atoms with Crippen molar-refractivity contribution in [3.05, 3.63) is 44.5 Å². The molecular formula is C19H24N4O2S2. The fourth-order valence-electron chi connectivity index (χ4n) is 2.81. The number of carbonyl (C=O) groups excluding carboxylic acids is 1. The van der Waals surface area contributed by atoms with Crippen molar-refractivity contribution in [3.8, 4) is 0 Å². The molecule has 0 aromatic carbocycles. The quantitative estimate of drug-likeness (QED) is 0.446. The summed E-state index contributed by atoms with van der Waals surface area (Å²) in [5.74, 6) is 0.494. The average Bonchev–Trinajstić information content (AvgIpc) is 3.25. The van der Waals surface area contributed by atoms with Crippen LogP contribution in [-0.2, 0) is 17.8 Å². The minimum atomic E-state index is -0.0811. The molecule has 0 aliphatic rings. The van der Waals surface area contributed by atoms with Crippen molar-refractivity contribution in [2.75, 3.05) is 12.3 Å². The zero-order chi connectivity index (χ0) is 19.4. The number of rotatable bonds is 8. The van der Waals surface area contributed by atoms with Crippen molar-refractivity contribution in [2.45, 2.75) is 38.9 Å². The van der Waals surface area contributed by atoms with Gasteiger partial charge in [-0.05, 0) is 36.8 Å². The number of aromatic amines is 1. The fraction of sp³-hybridized carbons (Fsp3) is 0.421. The van der Waals surface area contributed by atoms with E-state index in [-0.39, 0.29) is 17.2 Å². The Morgan fingerprint density at radius 3 is 2.96 bits per heavy atom. The molecule has 0 saturated heterocycles. The monoisotopic (exact) mass is 404 g/mol. The molecule has 3 heterocycles. The van der Waals surface area contributed by atoms with Gasteiger partial charge in [0.2, 0.25) is 5.91 Å². The molecule has 6 nitrogen and oxygen atoms in total. The number of fused-ring (bicyclic) bond motifs is 1. The van der Waals surface area contributed by atoms with Gasteiger partial charge in [-0.1, -0.05) is 31.7 Å². The minimum Gasteiger partial charge on any atom is -0.355 e. The second-order valence-electron chi connectivity index (χ2n) is 6.88. The Hall–Kier alpha value is -2.06. The first-order valence-corrected chi connectivity index (χ1v) is 10.8. The van der Waals surface area contributed by atoms with Gasteiger partial charge in [-0.25, -0.2) is 4.98 Å². The molecule has 0 atom stereocenters. The molecule has 0 fully saturated rings. The smallest absolute Gasteiger partial charge is 0.278 e. The fourth-order valence-corrected chi connectivity index (χ4v) is 4.36. The lowest BCUT2D eigenvalue weighted by molar-refractivity contribution is -0.118. The van der Waals surface area contributed by atoms with Crippen LogP contribution in [0.15, 0.2) is 33.5 Å². The lowest BCUT2D eigenvalue weighted by Crippen LogP contribution is -2.29. The first kappa shape index (κ1) is 19.7. The lowest BCUT2D eigenvalue weighted by atomic mass is 10.2. The standard InChI is InChI=1S/C19H24N4O2S2/c1-12(2)10-23-18(25)17-15(9-13(3)21-17)22-19(23)27-11-16(24)20-7-6-14-5-4-8-26-14/h4-5,8-9,12,21H,6-7,10-11H2,1-3H3,(H,20,24). The lowest BCUT2D eigenvalue weighted by Gasteiger charge is -2.13. The number of nitrogens with one attached hydrogen (secondary N) is 2. The number of hydrogen-bond donors (Lipinski definition) is 2. The molecule has 0 unspecified atom stereocenters. The largest absolute Gasteiger partial charge is 0.355 e. The van der Waals surface area contributed by atoms with E-state index in [1.165, 1.54) is 16.6 Å². The molecule has 0 spiro atoms. The molecule has 144 valence electrons. The van der Waals surface area contributed by atoms with Crippen molar-refractivity contribution in [1.29, 1.82) is 0 Å². The van der Waals surface area contributed by atoms with Gasteiger partial charge in [-0.2, -0.15) is 0 Å². The highest BCUT2D eigenvalue weighted by Gasteiger charge is 2.15. The second kappa shape index (κ2) is 8.75. The molecule has 3 rings (SSSR count). The zero-order valence-electron chi connectivity index (χ0n) is 15.7. The first-order valence-electron chi connectivity index (χ1n) is 8.96. The van der Waals surface area contributed by atoms with E-state index in [0.717, 1.165) is 12.1 Å². The van der Waals surface area contributed by atoms with E-state index in [1.807, 2.05) is 24.4 Å². The number of aromatic nitrogens is 3. The molecule has 8 heteroatoms. The maximum absolute atomic E-state index is 12.8. The summed E-state index contributed by atoms with van der Waals surface area (Å²) in [4.78, 5) is 34.0. The van der Waals surface area contributed by atoms with E-state index < -0.39 is 0 Å². The van der Waals surface area contributed by atoms with E-state index in [4.69, 9.17) is 0 Å². The van der Waals surface area contributed by atoms with Crippen LogP contribution in [0.25, 0.3) is 11.0 Å². The number of thiophene rings is 1. The van der Waals surface area contributed by atoms with E-state index in [9.17, 15) is 9.59 Å². The predicted octanol–water partition coefficient (Wildman–Crippen LogP) is 3.20. The molecule has 27 heavy (non-hydrogen) atoms. The Balaban J connectivity index is 1.69. The maximum Gasteiger partial charge on any atom is 0.278 e. The van der Waals surface area contributed by atoms with E-state index in [2.05, 4.69) is 35.2 Å². The van der Waals surface area contributed by atoms with Crippen LogP contribution >= 0.6 is 23.1 Å². The first-order chi connectivity index (χ1) is 12.9. The summed E-state index contributed by atoms with van der Waals surface area (Å²) in [6, 6.07) is 5.94. The highest BCUT2D eigenvalue weighted by atomic mass is 32.2. The van der Waals surface area contributed by atoms with Crippen molar-refractivity contribution >= 4 is 40.0 Å². The van der Waals surface area contributed by atoms with Crippen LogP contribution in [-0.4, -0.2) is 32.7 Å². The number of thioether (sulfide) groups is 1. The summed E-state index contributed by atoms with van der Waals surface area (Å²) < 4.78 is 1.67. The number of carbonyl (C=O) groups is 1. The van der Waals surface area contributed by atoms with Crippen LogP contribution in [0.2, 0.25) is 0 Å². The third kappa shape index (κ3) is 5.01. The Labute approximate surface area is 166 Å². The molecule has 2 N–H and O–H groups in total. The minimum absolute atomic E-state index is 0.0488. The van der Waals surface area contributed by atoms with Crippen LogP contribution in [0.4, 0.5) is 0 Å². The highest BCUT2D eigenvalue weighted by Crippen LogP contribution is 2.19. The van der Waals surface area contributed by atoms with E-state index in [0.29, 0.717) is 35.2 Å². The molecule has 0 aliphatic heterocycles. The van der Waals surface area contributed by atoms with Crippen LogP contribution < -0.4 is 10.9 Å². The molecule has 3 aromatic heterocycles. The van der Waals surface area contributed by atoms with Gasteiger partial charge in [0.15, 0.2) is 5.16 Å². The topological polar surface area (TPSA) is 79.8 Å². The SMILES string of the molecule is Cc1cc2nc(SCC(=O)NCCc3cccs3)n(CC(C)C)c(=O)c2[nH]1. The van der Waals surface area contributed by atoms with Gasteiger partial charge in [-0.3, -0.25) is 14.2 Å². The molecule has 0 bridgehead atoms. The number of aryl methyl sites for hydroxylation is 1. The second-order valence-corrected chi connectivity index (χ2v) is 8.86. The average molecular weight is 405 g/mol. The van der Waals surface area contributed by atoms with Crippen LogP contribution in [0, 0.1) is 12.8 Å². The van der Waals surface area contributed by atoms with Gasteiger partial charge in [-0.15, -0.1) is 11.3 Å². The summed E-state index contributed by atoms with van der Waals surface area (Å²) >= 11 is 3.00. The summed E-state index contributed by atoms with van der Waals surface area (Å²) in [5.41, 5.74) is 2.00. The maximum atomic E-state index is 12.8. The van der Waals surface area contributed by atoms with Crippen molar-refractivity contribution in [1.82, 2.24) is 19.9 Å². The number of nitrogens with zero attached hydrogens (tertiary/aromatic N) is 2. The van der Waals surface area contributed by atoms with E-state index >= 15 is 0 Å². The van der Waals surface area contributed by atoms with E-state index in [1.54, 1.807) is 15.9 Å². The van der Waals surface area contributed by atoms with Crippen molar-refractivity contribution in [2.24, 2.45) is 5.92 Å². The Morgan fingerprint density at radius 1 is 1.44 bits per heavy atom. The van der Waals surface area contributed by atoms with Gasteiger partial charge < -0.3 is 10.3 Å². The Bertz CT molecular complexity index is 974. The Kier molecular flexibility index (Phi) is 6.38. The molecule has 1 amide bonds. The number of H-pyrrole nitrogens is 1. The highest BCUT2D eigenvalue weighted by molar-refractivity contribution is 7.99. The van der Waals surface area contributed by atoms with Crippen LogP contribution in [0.1, 0.15) is 24.4 Å². The van der Waals surface area contributed by atoms with Gasteiger partial charge in [0, 0.05) is 23.7 Å². The number of hydrogen-bond acceptors (Lipinski definition) is 5. The summed E-state index contributed by atoms with van der Waals surface area (Å²) in [5, 5.41) is 5.56. The van der Waals surface area contributed by atoms with Gasteiger partial charge >= 0.3 is 0 Å². The molecule has 0 aliphatic carbocycles. The normalized spacial score (nSPS) is 11.4. The van der Waals surface area contributed by atoms with Crippen LogP contribution in [0.3, 0.4) is 0 Å². The summed E-state index contributed by atoms with van der Waals surface area (Å²) in [6.07, 6.45) is 0.832. The van der Waals surface area contributed by atoms with Gasteiger partial charge in [0.05, 0.1) is 11.3 Å². The Morgan fingerprint density at radius 2 is 2.26 bits per heavy atom. The summed E-state index contributed by atoms with van der Waals surface area (Å²) in [7, 11) is 0. The van der Waals surface area contributed by atoms with Gasteiger partial charge in [0.25, 0.3) is 5.56 Å². The third-order valence-corrected chi connectivity index (χ3v) is 5.90. The zero-order valence-corrected chi connectivity index (χ0v) is 17.4. The molecule has 3 aromatic rings. The molecule has 0 saturated carbocycles. The van der Waals surface area contributed by atoms with Crippen molar-refractivity contribution < 1.29 is 4.79 Å². The van der Waals surface area contributed by atoms with Crippen molar-refractivity contribution in [3.63, 3.8) is 0 Å². The third-order valence-electron chi connectivity index (χ3n) is 3.99. The molecular weight excluding hydrogens is 380 g/mol. The number of amides is 1.